The van der Waals surface area contributed by atoms with Crippen LogP contribution in [0.2, 0.25) is 0 Å². The van der Waals surface area contributed by atoms with Crippen molar-refractivity contribution in [2.45, 2.75) is 19.9 Å². The van der Waals surface area contributed by atoms with Gasteiger partial charge in [-0.2, -0.15) is 5.10 Å². The SMILES string of the molecule is COc1cc(N)ccc1-c1ccnn1C(C)C. The molecule has 2 N–H and O–H groups in total. The molecule has 4 heteroatoms. The van der Waals surface area contributed by atoms with Crippen LogP contribution in [-0.4, -0.2) is 16.9 Å². The van der Waals surface area contributed by atoms with Gasteiger partial charge in [0.25, 0.3) is 0 Å². The molecular weight excluding hydrogens is 214 g/mol. The van der Waals surface area contributed by atoms with E-state index in [0.29, 0.717) is 11.7 Å². The van der Waals surface area contributed by atoms with Gasteiger partial charge in [0.05, 0.1) is 12.8 Å². The lowest BCUT2D eigenvalue weighted by molar-refractivity contribution is 0.415. The average molecular weight is 231 g/mol. The first-order chi connectivity index (χ1) is 8.13. The van der Waals surface area contributed by atoms with Crippen molar-refractivity contribution in [3.05, 3.63) is 30.5 Å². The molecule has 2 aromatic rings. The standard InChI is InChI=1S/C13H17N3O/c1-9(2)16-12(6-7-15-16)11-5-4-10(14)8-13(11)17-3/h4-9H,14H2,1-3H3. The topological polar surface area (TPSA) is 53.1 Å². The molecule has 0 spiro atoms. The van der Waals surface area contributed by atoms with E-state index in [1.807, 2.05) is 28.9 Å². The zero-order chi connectivity index (χ0) is 12.4. The summed E-state index contributed by atoms with van der Waals surface area (Å²) in [5, 5.41) is 4.32. The van der Waals surface area contributed by atoms with Crippen LogP contribution in [0.5, 0.6) is 5.75 Å². The molecule has 0 amide bonds. The Morgan fingerprint density at radius 1 is 1.29 bits per heavy atom. The molecule has 1 aromatic carbocycles. The third kappa shape index (κ3) is 2.11. The monoisotopic (exact) mass is 231 g/mol. The molecule has 0 aliphatic carbocycles. The number of nitrogen functional groups attached to an aromatic ring is 1. The van der Waals surface area contributed by atoms with Crippen LogP contribution in [0.3, 0.4) is 0 Å². The Morgan fingerprint density at radius 3 is 2.71 bits per heavy atom. The van der Waals surface area contributed by atoms with Gasteiger partial charge >= 0.3 is 0 Å². The molecule has 90 valence electrons. The molecule has 4 nitrogen and oxygen atoms in total. The van der Waals surface area contributed by atoms with Gasteiger partial charge < -0.3 is 10.5 Å². The molecule has 0 aliphatic rings. The number of methoxy groups -OCH3 is 1. The minimum Gasteiger partial charge on any atom is -0.496 e. The van der Waals surface area contributed by atoms with E-state index in [1.54, 1.807) is 13.3 Å². The Bertz CT molecular complexity index is 517. The van der Waals surface area contributed by atoms with Crippen molar-refractivity contribution in [1.82, 2.24) is 9.78 Å². The summed E-state index contributed by atoms with van der Waals surface area (Å²) in [6.07, 6.45) is 1.80. The van der Waals surface area contributed by atoms with E-state index in [0.717, 1.165) is 17.0 Å². The van der Waals surface area contributed by atoms with Gasteiger partial charge in [0.15, 0.2) is 0 Å². The number of ether oxygens (including phenoxy) is 1. The van der Waals surface area contributed by atoms with E-state index in [9.17, 15) is 0 Å². The van der Waals surface area contributed by atoms with E-state index >= 15 is 0 Å². The second-order valence-electron chi connectivity index (χ2n) is 4.21. The average Bonchev–Trinajstić information content (AvgIpc) is 2.77. The summed E-state index contributed by atoms with van der Waals surface area (Å²) in [7, 11) is 1.65. The molecule has 0 atom stereocenters. The molecule has 17 heavy (non-hydrogen) atoms. The highest BCUT2D eigenvalue weighted by Crippen LogP contribution is 2.32. The Labute approximate surface area is 101 Å². The Hall–Kier alpha value is -1.97. The molecule has 0 fully saturated rings. The van der Waals surface area contributed by atoms with E-state index in [-0.39, 0.29) is 0 Å². The van der Waals surface area contributed by atoms with Crippen LogP contribution in [0.1, 0.15) is 19.9 Å². The normalized spacial score (nSPS) is 10.8. The largest absolute Gasteiger partial charge is 0.496 e. The lowest BCUT2D eigenvalue weighted by Crippen LogP contribution is -2.05. The highest BCUT2D eigenvalue weighted by Gasteiger charge is 2.12. The van der Waals surface area contributed by atoms with Gasteiger partial charge in [-0.15, -0.1) is 0 Å². The van der Waals surface area contributed by atoms with Gasteiger partial charge in [-0.25, -0.2) is 0 Å². The maximum Gasteiger partial charge on any atom is 0.130 e. The highest BCUT2D eigenvalue weighted by atomic mass is 16.5. The van der Waals surface area contributed by atoms with Gasteiger partial charge in [-0.1, -0.05) is 0 Å². The summed E-state index contributed by atoms with van der Waals surface area (Å²) in [6, 6.07) is 7.95. The van der Waals surface area contributed by atoms with Gasteiger partial charge in [-0.3, -0.25) is 4.68 Å². The maximum atomic E-state index is 5.75. The third-order valence-corrected chi connectivity index (χ3v) is 2.66. The Kier molecular flexibility index (Phi) is 3.04. The zero-order valence-corrected chi connectivity index (χ0v) is 10.3. The van der Waals surface area contributed by atoms with Crippen LogP contribution in [0.25, 0.3) is 11.3 Å². The molecule has 0 saturated carbocycles. The number of rotatable bonds is 3. The van der Waals surface area contributed by atoms with Crippen molar-refractivity contribution < 1.29 is 4.74 Å². The number of nitrogens with zero attached hydrogens (tertiary/aromatic N) is 2. The molecule has 0 radical (unpaired) electrons. The fourth-order valence-electron chi connectivity index (χ4n) is 1.86. The van der Waals surface area contributed by atoms with Gasteiger partial charge in [0.1, 0.15) is 5.75 Å². The van der Waals surface area contributed by atoms with Crippen molar-refractivity contribution >= 4 is 5.69 Å². The fraction of sp³-hybridized carbons (Fsp3) is 0.308. The summed E-state index contributed by atoms with van der Waals surface area (Å²) in [4.78, 5) is 0. The van der Waals surface area contributed by atoms with Crippen LogP contribution in [0.4, 0.5) is 5.69 Å². The zero-order valence-electron chi connectivity index (χ0n) is 10.3. The molecule has 0 saturated heterocycles. The highest BCUT2D eigenvalue weighted by molar-refractivity contribution is 5.70. The second-order valence-corrected chi connectivity index (χ2v) is 4.21. The molecule has 1 aromatic heterocycles. The lowest BCUT2D eigenvalue weighted by atomic mass is 10.1. The van der Waals surface area contributed by atoms with E-state index in [4.69, 9.17) is 10.5 Å². The van der Waals surface area contributed by atoms with Crippen LogP contribution < -0.4 is 10.5 Å². The van der Waals surface area contributed by atoms with Crippen molar-refractivity contribution in [2.75, 3.05) is 12.8 Å². The number of hydrogen-bond donors (Lipinski definition) is 1. The van der Waals surface area contributed by atoms with Crippen LogP contribution >= 0.6 is 0 Å². The van der Waals surface area contributed by atoms with Gasteiger partial charge in [0.2, 0.25) is 0 Å². The van der Waals surface area contributed by atoms with E-state index < -0.39 is 0 Å². The molecule has 0 bridgehead atoms. The lowest BCUT2D eigenvalue weighted by Gasteiger charge is -2.14. The summed E-state index contributed by atoms with van der Waals surface area (Å²) < 4.78 is 7.33. The van der Waals surface area contributed by atoms with Gasteiger partial charge in [-0.05, 0) is 32.0 Å². The molecular formula is C13H17N3O. The molecule has 1 heterocycles. The van der Waals surface area contributed by atoms with E-state index in [2.05, 4.69) is 18.9 Å². The first-order valence-electron chi connectivity index (χ1n) is 5.61. The summed E-state index contributed by atoms with van der Waals surface area (Å²) in [5.41, 5.74) is 8.49. The van der Waals surface area contributed by atoms with Crippen molar-refractivity contribution in [2.24, 2.45) is 0 Å². The minimum absolute atomic E-state index is 0.308. The predicted octanol–water partition coefficient (Wildman–Crippen LogP) is 2.72. The van der Waals surface area contributed by atoms with Gasteiger partial charge in [0, 0.05) is 29.6 Å². The number of benzene rings is 1. The van der Waals surface area contributed by atoms with Crippen molar-refractivity contribution in [3.63, 3.8) is 0 Å². The quantitative estimate of drug-likeness (QED) is 0.826. The van der Waals surface area contributed by atoms with Crippen molar-refractivity contribution in [1.29, 1.82) is 0 Å². The smallest absolute Gasteiger partial charge is 0.130 e. The number of aromatic nitrogens is 2. The van der Waals surface area contributed by atoms with Crippen LogP contribution in [-0.2, 0) is 0 Å². The van der Waals surface area contributed by atoms with E-state index in [1.165, 1.54) is 0 Å². The second kappa shape index (κ2) is 4.49. The molecule has 0 unspecified atom stereocenters. The number of hydrogen-bond acceptors (Lipinski definition) is 3. The minimum atomic E-state index is 0.308. The van der Waals surface area contributed by atoms with Crippen molar-refractivity contribution in [3.8, 4) is 17.0 Å². The first kappa shape index (κ1) is 11.5. The molecule has 0 aliphatic heterocycles. The summed E-state index contributed by atoms with van der Waals surface area (Å²) in [6.45, 7) is 4.19. The number of nitrogens with two attached hydrogens (primary N) is 1. The summed E-state index contributed by atoms with van der Waals surface area (Å²) >= 11 is 0. The maximum absolute atomic E-state index is 5.75. The number of anilines is 1. The fourth-order valence-corrected chi connectivity index (χ4v) is 1.86. The summed E-state index contributed by atoms with van der Waals surface area (Å²) in [5.74, 6) is 0.771. The third-order valence-electron chi connectivity index (χ3n) is 2.66. The van der Waals surface area contributed by atoms with Crippen LogP contribution in [0, 0.1) is 0 Å². The molecule has 2 rings (SSSR count). The van der Waals surface area contributed by atoms with Crippen LogP contribution in [0.15, 0.2) is 30.5 Å². The predicted molar refractivity (Wildman–Crippen MR) is 69.0 cm³/mol. The Balaban J connectivity index is 2.56. The first-order valence-corrected chi connectivity index (χ1v) is 5.61. The Morgan fingerprint density at radius 2 is 2.06 bits per heavy atom.